The number of fused-ring (bicyclic) bond motifs is 4. The summed E-state index contributed by atoms with van der Waals surface area (Å²) in [6, 6.07) is 13.4. The van der Waals surface area contributed by atoms with E-state index in [0.29, 0.717) is 46.2 Å². The Morgan fingerprint density at radius 1 is 1.17 bits per heavy atom. The van der Waals surface area contributed by atoms with Crippen molar-refractivity contribution in [2.45, 2.75) is 18.7 Å². The Bertz CT molecular complexity index is 1950. The molecule has 210 valence electrons. The summed E-state index contributed by atoms with van der Waals surface area (Å²) in [5, 5.41) is 43.8. The summed E-state index contributed by atoms with van der Waals surface area (Å²) in [7, 11) is -3.66. The van der Waals surface area contributed by atoms with Crippen LogP contribution >= 0.6 is 12.0 Å². The zero-order valence-electron chi connectivity index (χ0n) is 22.0. The van der Waals surface area contributed by atoms with Crippen LogP contribution in [0, 0.1) is 11.3 Å². The molecule has 0 unspecified atom stereocenters. The number of aromatic hydroxyl groups is 1. The molecule has 0 spiro atoms. The number of phenols is 1. The lowest BCUT2D eigenvalue weighted by Crippen LogP contribution is -2.22. The number of rotatable bonds is 10. The summed E-state index contributed by atoms with van der Waals surface area (Å²) < 4.78 is 33.4. The van der Waals surface area contributed by atoms with Gasteiger partial charge in [0.15, 0.2) is 5.65 Å². The van der Waals surface area contributed by atoms with Crippen molar-refractivity contribution >= 4 is 66.6 Å². The van der Waals surface area contributed by atoms with Crippen molar-refractivity contribution in [1.29, 1.82) is 5.26 Å². The standard InChI is InChI=1S/C25H23N9O5S2/c1-4-33(5-2)38-39-40-22-12-20(23-17(24(22)35)7-6-8-19(23)32-41(3,36)37)30-28-16-9-10-18-21(11-16)34-25(31-29-18)15(13-26)14-27-34/h6-12,14,32,35H,4-5H2,1-3H3/b30-28+. The third-order valence-corrected chi connectivity index (χ3v) is 7.12. The molecular weight excluding hydrogens is 570 g/mol. The van der Waals surface area contributed by atoms with Gasteiger partial charge < -0.3 is 5.11 Å². The lowest BCUT2D eigenvalue weighted by Gasteiger charge is -2.16. The van der Waals surface area contributed by atoms with Crippen LogP contribution < -0.4 is 4.72 Å². The highest BCUT2D eigenvalue weighted by Gasteiger charge is 2.18. The Morgan fingerprint density at radius 2 is 1.98 bits per heavy atom. The zero-order valence-corrected chi connectivity index (χ0v) is 23.6. The van der Waals surface area contributed by atoms with Gasteiger partial charge in [0.1, 0.15) is 22.9 Å². The first kappa shape index (κ1) is 28.1. The Kier molecular flexibility index (Phi) is 7.97. The molecule has 14 nitrogen and oxygen atoms in total. The van der Waals surface area contributed by atoms with E-state index in [1.54, 1.807) is 41.5 Å². The fraction of sp³-hybridized carbons (Fsp3) is 0.200. The van der Waals surface area contributed by atoms with E-state index in [1.165, 1.54) is 16.8 Å². The topological polar surface area (TPSA) is 180 Å². The molecule has 0 amide bonds. The maximum Gasteiger partial charge on any atom is 0.229 e. The maximum absolute atomic E-state index is 12.1. The van der Waals surface area contributed by atoms with Crippen molar-refractivity contribution in [2.24, 2.45) is 10.2 Å². The highest BCUT2D eigenvalue weighted by molar-refractivity contribution is 7.94. The highest BCUT2D eigenvalue weighted by atomic mass is 32.2. The van der Waals surface area contributed by atoms with Gasteiger partial charge in [-0.25, -0.2) is 12.9 Å². The molecule has 0 saturated heterocycles. The number of benzene rings is 3. The fourth-order valence-electron chi connectivity index (χ4n) is 4.01. The molecule has 0 fully saturated rings. The molecule has 0 aliphatic carbocycles. The molecule has 0 atom stereocenters. The number of azo groups is 1. The van der Waals surface area contributed by atoms with E-state index < -0.39 is 10.0 Å². The quantitative estimate of drug-likeness (QED) is 0.0962. The van der Waals surface area contributed by atoms with E-state index in [9.17, 15) is 18.8 Å². The summed E-state index contributed by atoms with van der Waals surface area (Å²) >= 11 is 0.776. The molecule has 2 heterocycles. The summed E-state index contributed by atoms with van der Waals surface area (Å²) in [6.07, 6.45) is 2.43. The van der Waals surface area contributed by atoms with Crippen molar-refractivity contribution in [1.82, 2.24) is 24.9 Å². The fourth-order valence-corrected chi connectivity index (χ4v) is 5.12. The molecule has 3 aromatic carbocycles. The summed E-state index contributed by atoms with van der Waals surface area (Å²) in [6.45, 7) is 4.97. The van der Waals surface area contributed by atoms with Gasteiger partial charge in [-0.3, -0.25) is 4.72 Å². The van der Waals surface area contributed by atoms with Gasteiger partial charge in [-0.05, 0) is 44.2 Å². The monoisotopic (exact) mass is 593 g/mol. The Labute approximate surface area is 238 Å². The minimum absolute atomic E-state index is 0.150. The third kappa shape index (κ3) is 5.89. The first-order valence-electron chi connectivity index (χ1n) is 12.2. The molecule has 5 aromatic rings. The maximum atomic E-state index is 12.1. The number of phenolic OH excluding ortho intramolecular Hbond substituents is 1. The smallest absolute Gasteiger partial charge is 0.229 e. The number of aromatic nitrogens is 4. The van der Waals surface area contributed by atoms with E-state index in [-0.39, 0.29) is 27.6 Å². The van der Waals surface area contributed by atoms with Crippen molar-refractivity contribution in [3.05, 3.63) is 54.2 Å². The molecule has 0 aliphatic heterocycles. The number of anilines is 1. The van der Waals surface area contributed by atoms with Crippen LogP contribution in [0.25, 0.3) is 27.5 Å². The molecule has 0 radical (unpaired) electrons. The van der Waals surface area contributed by atoms with Crippen molar-refractivity contribution in [3.8, 4) is 11.8 Å². The summed E-state index contributed by atoms with van der Waals surface area (Å²) in [5.74, 6) is -0.150. The summed E-state index contributed by atoms with van der Waals surface area (Å²) in [5.41, 5.74) is 2.56. The van der Waals surface area contributed by atoms with E-state index in [1.807, 2.05) is 19.9 Å². The van der Waals surface area contributed by atoms with Gasteiger partial charge in [0.05, 0.1) is 52.0 Å². The van der Waals surface area contributed by atoms with E-state index in [4.69, 9.17) is 9.32 Å². The molecule has 2 N–H and O–H groups in total. The largest absolute Gasteiger partial charge is 0.506 e. The molecular formula is C25H23N9O5S2. The summed E-state index contributed by atoms with van der Waals surface area (Å²) in [4.78, 5) is 5.53. The van der Waals surface area contributed by atoms with Gasteiger partial charge in [-0.1, -0.05) is 12.1 Å². The van der Waals surface area contributed by atoms with Gasteiger partial charge in [-0.15, -0.1) is 24.6 Å². The number of hydroxylamine groups is 2. The van der Waals surface area contributed by atoms with E-state index >= 15 is 0 Å². The van der Waals surface area contributed by atoms with Crippen molar-refractivity contribution in [3.63, 3.8) is 0 Å². The number of sulfonamides is 1. The van der Waals surface area contributed by atoms with E-state index in [2.05, 4.69) is 30.2 Å². The van der Waals surface area contributed by atoms with Crippen LogP contribution in [0.3, 0.4) is 0 Å². The predicted molar refractivity (Wildman–Crippen MR) is 152 cm³/mol. The molecule has 41 heavy (non-hydrogen) atoms. The first-order chi connectivity index (χ1) is 19.7. The van der Waals surface area contributed by atoms with Crippen molar-refractivity contribution in [2.75, 3.05) is 24.1 Å². The second kappa shape index (κ2) is 11.6. The van der Waals surface area contributed by atoms with Crippen LogP contribution in [0.4, 0.5) is 17.1 Å². The number of hydrogen-bond acceptors (Lipinski definition) is 13. The van der Waals surface area contributed by atoms with Gasteiger partial charge in [0.25, 0.3) is 0 Å². The number of nitriles is 1. The number of nitrogens with zero attached hydrogens (tertiary/aromatic N) is 8. The van der Waals surface area contributed by atoms with Gasteiger partial charge >= 0.3 is 0 Å². The molecule has 0 bridgehead atoms. The zero-order chi connectivity index (χ0) is 29.1. The molecule has 0 saturated carbocycles. The van der Waals surface area contributed by atoms with E-state index in [0.717, 1.165) is 18.3 Å². The normalized spacial score (nSPS) is 12.2. The Balaban J connectivity index is 1.60. The minimum atomic E-state index is -3.66. The van der Waals surface area contributed by atoms with Crippen LogP contribution in [-0.4, -0.2) is 57.7 Å². The molecule has 16 heteroatoms. The molecule has 2 aromatic heterocycles. The van der Waals surface area contributed by atoms with Gasteiger partial charge in [-0.2, -0.15) is 20.5 Å². The number of nitrogens with one attached hydrogen (secondary N) is 1. The van der Waals surface area contributed by atoms with Crippen LogP contribution in [0.1, 0.15) is 19.4 Å². The van der Waals surface area contributed by atoms with Crippen LogP contribution in [0.15, 0.2) is 63.8 Å². The Hall–Kier alpha value is -4.40. The van der Waals surface area contributed by atoms with Crippen LogP contribution in [-0.2, 0) is 19.3 Å². The second-order valence-electron chi connectivity index (χ2n) is 8.66. The second-order valence-corrected chi connectivity index (χ2v) is 11.2. The van der Waals surface area contributed by atoms with Crippen molar-refractivity contribution < 1.29 is 22.8 Å². The lowest BCUT2D eigenvalue weighted by atomic mass is 10.1. The third-order valence-electron chi connectivity index (χ3n) is 5.91. The first-order valence-corrected chi connectivity index (χ1v) is 14.8. The van der Waals surface area contributed by atoms with Gasteiger partial charge in [0, 0.05) is 23.9 Å². The minimum Gasteiger partial charge on any atom is -0.506 e. The van der Waals surface area contributed by atoms with Gasteiger partial charge in [0.2, 0.25) is 10.0 Å². The van der Waals surface area contributed by atoms with Crippen LogP contribution in [0.5, 0.6) is 5.75 Å². The highest BCUT2D eigenvalue weighted by Crippen LogP contribution is 2.45. The number of hydrogen-bond donors (Lipinski definition) is 2. The average molecular weight is 594 g/mol. The Morgan fingerprint density at radius 3 is 2.71 bits per heavy atom. The SMILES string of the molecule is CCN(CC)OOSc1cc(/N=N/c2ccc3nnc4c(C#N)cnn4c3c2)c2c(NS(C)(=O)=O)cccc2c1O. The molecule has 0 aliphatic rings. The predicted octanol–water partition coefficient (Wildman–Crippen LogP) is 5.01. The molecule has 5 rings (SSSR count). The average Bonchev–Trinajstić information content (AvgIpc) is 3.39. The lowest BCUT2D eigenvalue weighted by molar-refractivity contribution is -0.357. The van der Waals surface area contributed by atoms with Crippen LogP contribution in [0.2, 0.25) is 0 Å².